The summed E-state index contributed by atoms with van der Waals surface area (Å²) in [5.74, 6) is 0.827. The number of hydrogen-bond acceptors (Lipinski definition) is 3. The maximum atomic E-state index is 10.2. The first-order valence-corrected chi connectivity index (χ1v) is 9.06. The molecule has 2 N–H and O–H groups in total. The van der Waals surface area contributed by atoms with Crippen molar-refractivity contribution in [3.8, 4) is 5.75 Å². The van der Waals surface area contributed by atoms with Crippen LogP contribution in [0.15, 0.2) is 61.2 Å². The Morgan fingerprint density at radius 2 is 1.92 bits per heavy atom. The van der Waals surface area contributed by atoms with Crippen molar-refractivity contribution in [1.29, 1.82) is 0 Å². The van der Waals surface area contributed by atoms with E-state index in [9.17, 15) is 5.11 Å². The molecule has 0 fully saturated rings. The van der Waals surface area contributed by atoms with E-state index in [2.05, 4.69) is 36.2 Å². The van der Waals surface area contributed by atoms with Crippen molar-refractivity contribution in [3.63, 3.8) is 0 Å². The van der Waals surface area contributed by atoms with Crippen LogP contribution in [-0.4, -0.2) is 30.4 Å². The van der Waals surface area contributed by atoms with Gasteiger partial charge in [0.05, 0.1) is 0 Å². The van der Waals surface area contributed by atoms with E-state index in [1.807, 2.05) is 30.3 Å². The molecule has 2 aromatic carbocycles. The zero-order chi connectivity index (χ0) is 17.5. The Morgan fingerprint density at radius 3 is 2.76 bits per heavy atom. The number of hydrogen-bond donors (Lipinski definition) is 2. The van der Waals surface area contributed by atoms with Gasteiger partial charge in [0, 0.05) is 12.6 Å². The van der Waals surface area contributed by atoms with Crippen LogP contribution in [0.4, 0.5) is 0 Å². The third-order valence-corrected chi connectivity index (χ3v) is 4.76. The number of aliphatic hydroxyl groups excluding tert-OH is 1. The third-order valence-electron chi connectivity index (χ3n) is 4.76. The van der Waals surface area contributed by atoms with Gasteiger partial charge < -0.3 is 15.2 Å². The molecule has 1 aliphatic carbocycles. The molecule has 25 heavy (non-hydrogen) atoms. The SMILES string of the molecule is C=CCc1ccccc1OC[C@H](O)CN[C@@H]1CCc2ccccc2C1. The highest BCUT2D eigenvalue weighted by molar-refractivity contribution is 5.34. The first-order chi connectivity index (χ1) is 12.3. The lowest BCUT2D eigenvalue weighted by Gasteiger charge is -2.26. The molecule has 1 aliphatic rings. The summed E-state index contributed by atoms with van der Waals surface area (Å²) < 4.78 is 5.81. The quantitative estimate of drug-likeness (QED) is 0.726. The Hall–Kier alpha value is -2.10. The highest BCUT2D eigenvalue weighted by Gasteiger charge is 2.18. The van der Waals surface area contributed by atoms with Crippen LogP contribution < -0.4 is 10.1 Å². The molecule has 0 aromatic heterocycles. The molecule has 0 heterocycles. The van der Waals surface area contributed by atoms with Crippen molar-refractivity contribution in [1.82, 2.24) is 5.32 Å². The predicted octanol–water partition coefficient (Wildman–Crippen LogP) is 3.30. The monoisotopic (exact) mass is 337 g/mol. The highest BCUT2D eigenvalue weighted by Crippen LogP contribution is 2.21. The van der Waals surface area contributed by atoms with E-state index in [4.69, 9.17) is 4.74 Å². The molecule has 0 bridgehead atoms. The summed E-state index contributed by atoms with van der Waals surface area (Å²) in [6.45, 7) is 4.62. The lowest BCUT2D eigenvalue weighted by molar-refractivity contribution is 0.102. The van der Waals surface area contributed by atoms with Crippen LogP contribution in [0, 0.1) is 0 Å². The van der Waals surface area contributed by atoms with Crippen molar-refractivity contribution in [2.45, 2.75) is 37.8 Å². The largest absolute Gasteiger partial charge is 0.491 e. The van der Waals surface area contributed by atoms with Crippen LogP contribution in [0.2, 0.25) is 0 Å². The van der Waals surface area contributed by atoms with Crippen LogP contribution in [0.1, 0.15) is 23.1 Å². The van der Waals surface area contributed by atoms with Crippen molar-refractivity contribution < 1.29 is 9.84 Å². The molecule has 0 unspecified atom stereocenters. The summed E-state index contributed by atoms with van der Waals surface area (Å²) in [6.07, 6.45) is 5.37. The molecule has 2 aromatic rings. The smallest absolute Gasteiger partial charge is 0.122 e. The number of aryl methyl sites for hydroxylation is 1. The van der Waals surface area contributed by atoms with Crippen molar-refractivity contribution in [3.05, 3.63) is 77.9 Å². The fourth-order valence-electron chi connectivity index (χ4n) is 3.39. The highest BCUT2D eigenvalue weighted by atomic mass is 16.5. The fraction of sp³-hybridized carbons (Fsp3) is 0.364. The number of rotatable bonds is 8. The molecule has 0 aliphatic heterocycles. The van der Waals surface area contributed by atoms with Gasteiger partial charge in [-0.2, -0.15) is 0 Å². The first-order valence-electron chi connectivity index (χ1n) is 9.06. The Labute approximate surface area is 150 Å². The van der Waals surface area contributed by atoms with Crippen LogP contribution in [0.25, 0.3) is 0 Å². The van der Waals surface area contributed by atoms with Gasteiger partial charge in [-0.15, -0.1) is 6.58 Å². The second-order valence-corrected chi connectivity index (χ2v) is 6.68. The van der Waals surface area contributed by atoms with Gasteiger partial charge in [-0.05, 0) is 48.4 Å². The summed E-state index contributed by atoms with van der Waals surface area (Å²) in [4.78, 5) is 0. The van der Waals surface area contributed by atoms with Gasteiger partial charge in [-0.3, -0.25) is 0 Å². The summed E-state index contributed by atoms with van der Waals surface area (Å²) in [7, 11) is 0. The van der Waals surface area contributed by atoms with Gasteiger partial charge in [0.25, 0.3) is 0 Å². The lowest BCUT2D eigenvalue weighted by atomic mass is 9.88. The second kappa shape index (κ2) is 8.84. The molecule has 3 nitrogen and oxygen atoms in total. The Kier molecular flexibility index (Phi) is 6.26. The molecule has 3 rings (SSSR count). The van der Waals surface area contributed by atoms with Gasteiger partial charge in [-0.25, -0.2) is 0 Å². The summed E-state index contributed by atoms with van der Waals surface area (Å²) in [6, 6.07) is 17.0. The van der Waals surface area contributed by atoms with Crippen LogP contribution in [0.3, 0.4) is 0 Å². The van der Waals surface area contributed by atoms with Gasteiger partial charge in [0.1, 0.15) is 18.5 Å². The van der Waals surface area contributed by atoms with E-state index < -0.39 is 6.10 Å². The Balaban J connectivity index is 1.45. The van der Waals surface area contributed by atoms with E-state index in [-0.39, 0.29) is 0 Å². The van der Waals surface area contributed by atoms with Gasteiger partial charge >= 0.3 is 0 Å². The minimum Gasteiger partial charge on any atom is -0.491 e. The minimum atomic E-state index is -0.519. The minimum absolute atomic E-state index is 0.296. The average molecular weight is 337 g/mol. The normalized spacial score (nSPS) is 17.6. The molecule has 0 saturated carbocycles. The first kappa shape index (κ1) is 17.7. The predicted molar refractivity (Wildman–Crippen MR) is 102 cm³/mol. The van der Waals surface area contributed by atoms with E-state index in [0.717, 1.165) is 37.0 Å². The van der Waals surface area contributed by atoms with Crippen LogP contribution >= 0.6 is 0 Å². The van der Waals surface area contributed by atoms with Gasteiger partial charge in [0.2, 0.25) is 0 Å². The van der Waals surface area contributed by atoms with E-state index >= 15 is 0 Å². The molecular weight excluding hydrogens is 310 g/mol. The molecule has 3 heteroatoms. The van der Waals surface area contributed by atoms with Crippen LogP contribution in [-0.2, 0) is 19.3 Å². The van der Waals surface area contributed by atoms with E-state index in [0.29, 0.717) is 19.2 Å². The molecular formula is C22H27NO2. The van der Waals surface area contributed by atoms with E-state index in [1.54, 1.807) is 0 Å². The molecule has 0 saturated heterocycles. The molecule has 0 radical (unpaired) electrons. The number of nitrogens with one attached hydrogen (secondary N) is 1. The van der Waals surface area contributed by atoms with Gasteiger partial charge in [-0.1, -0.05) is 48.5 Å². The lowest BCUT2D eigenvalue weighted by Crippen LogP contribution is -2.40. The third kappa shape index (κ3) is 4.94. The number of ether oxygens (including phenoxy) is 1. The molecule has 2 atom stereocenters. The number of allylic oxidation sites excluding steroid dienone is 1. The average Bonchev–Trinajstić information content (AvgIpc) is 2.66. The zero-order valence-corrected chi connectivity index (χ0v) is 14.7. The fourth-order valence-corrected chi connectivity index (χ4v) is 3.39. The maximum Gasteiger partial charge on any atom is 0.122 e. The van der Waals surface area contributed by atoms with Crippen molar-refractivity contribution in [2.75, 3.05) is 13.2 Å². The van der Waals surface area contributed by atoms with Crippen molar-refractivity contribution >= 4 is 0 Å². The standard InChI is InChI=1S/C22H27NO2/c1-2-7-18-9-5-6-11-22(18)25-16-21(24)15-23-20-13-12-17-8-3-4-10-19(17)14-20/h2-6,8-11,20-21,23-24H,1,7,12-16H2/t20-,21-/m1/s1. The molecule has 0 amide bonds. The van der Waals surface area contributed by atoms with Crippen molar-refractivity contribution in [2.24, 2.45) is 0 Å². The number of aliphatic hydroxyl groups is 1. The van der Waals surface area contributed by atoms with Crippen LogP contribution in [0.5, 0.6) is 5.75 Å². The van der Waals surface area contributed by atoms with Gasteiger partial charge in [0.15, 0.2) is 0 Å². The maximum absolute atomic E-state index is 10.2. The summed E-state index contributed by atoms with van der Waals surface area (Å²) >= 11 is 0. The molecule has 0 spiro atoms. The summed E-state index contributed by atoms with van der Waals surface area (Å²) in [5, 5.41) is 13.7. The summed E-state index contributed by atoms with van der Waals surface area (Å²) in [5.41, 5.74) is 3.99. The Bertz CT molecular complexity index is 698. The number of benzene rings is 2. The number of para-hydroxylation sites is 1. The zero-order valence-electron chi connectivity index (χ0n) is 14.7. The number of fused-ring (bicyclic) bond motifs is 1. The Morgan fingerprint density at radius 1 is 1.16 bits per heavy atom. The van der Waals surface area contributed by atoms with E-state index in [1.165, 1.54) is 11.1 Å². The topological polar surface area (TPSA) is 41.5 Å². The molecule has 132 valence electrons. The second-order valence-electron chi connectivity index (χ2n) is 6.68.